The van der Waals surface area contributed by atoms with Crippen molar-refractivity contribution < 1.29 is 9.53 Å². The quantitative estimate of drug-likeness (QED) is 0.864. The summed E-state index contributed by atoms with van der Waals surface area (Å²) in [6.45, 7) is 3.28. The van der Waals surface area contributed by atoms with E-state index in [-0.39, 0.29) is 11.9 Å². The number of benzene rings is 1. The molecule has 2 bridgehead atoms. The number of rotatable bonds is 2. The molecule has 2 heterocycles. The summed E-state index contributed by atoms with van der Waals surface area (Å²) in [5.41, 5.74) is 3.52. The number of nitrogens with zero attached hydrogens (tertiary/aromatic N) is 1. The fourth-order valence-corrected chi connectivity index (χ4v) is 4.86. The highest BCUT2D eigenvalue weighted by atomic mass is 16.5. The number of carbonyl (C=O) groups is 1. The van der Waals surface area contributed by atoms with E-state index < -0.39 is 0 Å². The predicted octanol–water partition coefficient (Wildman–Crippen LogP) is 3.46. The Morgan fingerprint density at radius 1 is 1.39 bits per heavy atom. The number of aromatic amines is 1. The number of hydrogen-bond acceptors (Lipinski definition) is 3. The van der Waals surface area contributed by atoms with Crippen molar-refractivity contribution in [3.63, 3.8) is 0 Å². The van der Waals surface area contributed by atoms with Crippen molar-refractivity contribution >= 4 is 16.9 Å². The largest absolute Gasteiger partial charge is 0.469 e. The Morgan fingerprint density at radius 2 is 2.17 bits per heavy atom. The van der Waals surface area contributed by atoms with E-state index in [0.717, 1.165) is 24.9 Å². The number of carbonyl (C=O) groups excluding carboxylic acids is 1. The fourth-order valence-electron chi connectivity index (χ4n) is 4.86. The zero-order valence-corrected chi connectivity index (χ0v) is 14.0. The van der Waals surface area contributed by atoms with Crippen LogP contribution in [0.4, 0.5) is 0 Å². The number of hydrogen-bond donors (Lipinski definition) is 1. The normalized spacial score (nSPS) is 30.2. The highest BCUT2D eigenvalue weighted by Gasteiger charge is 2.48. The monoisotopic (exact) mass is 312 g/mol. The Hall–Kier alpha value is -1.81. The van der Waals surface area contributed by atoms with Gasteiger partial charge in [-0.1, -0.05) is 31.5 Å². The Balaban J connectivity index is 1.96. The lowest BCUT2D eigenvalue weighted by Gasteiger charge is -2.48. The van der Waals surface area contributed by atoms with Crippen LogP contribution >= 0.6 is 0 Å². The average Bonchev–Trinajstić information content (AvgIpc) is 2.96. The van der Waals surface area contributed by atoms with Crippen LogP contribution in [0.3, 0.4) is 0 Å². The van der Waals surface area contributed by atoms with Crippen LogP contribution in [0.15, 0.2) is 24.3 Å². The van der Waals surface area contributed by atoms with Gasteiger partial charge in [0.15, 0.2) is 0 Å². The van der Waals surface area contributed by atoms with E-state index in [1.807, 2.05) is 6.07 Å². The molecule has 4 nitrogen and oxygen atoms in total. The molecule has 122 valence electrons. The van der Waals surface area contributed by atoms with Gasteiger partial charge in [0.25, 0.3) is 0 Å². The minimum Gasteiger partial charge on any atom is -0.469 e. The molecule has 1 saturated heterocycles. The van der Waals surface area contributed by atoms with Crippen molar-refractivity contribution in [2.75, 3.05) is 20.7 Å². The summed E-state index contributed by atoms with van der Waals surface area (Å²) < 4.78 is 5.21. The van der Waals surface area contributed by atoms with E-state index in [9.17, 15) is 4.79 Å². The van der Waals surface area contributed by atoms with Crippen molar-refractivity contribution in [2.24, 2.45) is 11.8 Å². The van der Waals surface area contributed by atoms with Gasteiger partial charge in [-0.05, 0) is 36.9 Å². The minimum atomic E-state index is -0.138. The van der Waals surface area contributed by atoms with Gasteiger partial charge in [0.2, 0.25) is 0 Å². The molecule has 4 rings (SSSR count). The number of piperidine rings is 1. The third-order valence-electron chi connectivity index (χ3n) is 5.98. The maximum atomic E-state index is 12.7. The van der Waals surface area contributed by atoms with Gasteiger partial charge in [-0.2, -0.15) is 0 Å². The van der Waals surface area contributed by atoms with E-state index in [1.54, 1.807) is 0 Å². The number of para-hydroxylation sites is 1. The third-order valence-corrected chi connectivity index (χ3v) is 5.98. The molecule has 2 aliphatic rings. The Labute approximate surface area is 136 Å². The van der Waals surface area contributed by atoms with Crippen LogP contribution in [0.5, 0.6) is 0 Å². The molecule has 0 amide bonds. The number of aromatic nitrogens is 1. The maximum absolute atomic E-state index is 12.7. The SMILES string of the molecule is CC[C@@H]1CN(C)[C@H]2C[C@@H]1[C@H](C(=O)OC)c1c2[nH]c2ccccc12. The van der Waals surface area contributed by atoms with Gasteiger partial charge in [-0.25, -0.2) is 0 Å². The zero-order valence-electron chi connectivity index (χ0n) is 14.0. The predicted molar refractivity (Wildman–Crippen MR) is 90.3 cm³/mol. The number of esters is 1. The van der Waals surface area contributed by atoms with E-state index >= 15 is 0 Å². The summed E-state index contributed by atoms with van der Waals surface area (Å²) in [7, 11) is 3.72. The van der Waals surface area contributed by atoms with Crippen molar-refractivity contribution in [1.29, 1.82) is 0 Å². The van der Waals surface area contributed by atoms with Crippen LogP contribution in [-0.4, -0.2) is 36.6 Å². The van der Waals surface area contributed by atoms with Gasteiger partial charge in [-0.3, -0.25) is 9.69 Å². The van der Waals surface area contributed by atoms with E-state index in [4.69, 9.17) is 4.74 Å². The van der Waals surface area contributed by atoms with Gasteiger partial charge in [0.05, 0.1) is 19.1 Å². The molecular formula is C19H24N2O2. The van der Waals surface area contributed by atoms with Crippen LogP contribution in [0.2, 0.25) is 0 Å². The summed E-state index contributed by atoms with van der Waals surface area (Å²) in [4.78, 5) is 18.7. The highest BCUT2D eigenvalue weighted by Crippen LogP contribution is 2.53. The molecule has 0 saturated carbocycles. The van der Waals surface area contributed by atoms with Gasteiger partial charge in [0, 0.05) is 23.1 Å². The lowest BCUT2D eigenvalue weighted by Crippen LogP contribution is -2.47. The second-order valence-corrected chi connectivity index (χ2v) is 7.02. The molecule has 1 N–H and O–H groups in total. The van der Waals surface area contributed by atoms with E-state index in [2.05, 4.69) is 42.1 Å². The van der Waals surface area contributed by atoms with Crippen molar-refractivity contribution in [3.05, 3.63) is 35.5 Å². The molecule has 1 aliphatic heterocycles. The summed E-state index contributed by atoms with van der Waals surface area (Å²) in [6.07, 6.45) is 2.14. The first-order valence-corrected chi connectivity index (χ1v) is 8.54. The van der Waals surface area contributed by atoms with Crippen LogP contribution in [0.25, 0.3) is 10.9 Å². The number of likely N-dealkylation sites (tertiary alicyclic amines) is 1. The Bertz CT molecular complexity index is 751. The zero-order chi connectivity index (χ0) is 16.1. The molecule has 1 fully saturated rings. The number of ether oxygens (including phenoxy) is 1. The summed E-state index contributed by atoms with van der Waals surface area (Å²) in [5, 5.41) is 1.18. The molecule has 4 heteroatoms. The average molecular weight is 312 g/mol. The first-order valence-electron chi connectivity index (χ1n) is 8.54. The molecule has 1 aromatic heterocycles. The molecular weight excluding hydrogens is 288 g/mol. The standard InChI is InChI=1S/C19H24N2O2/c1-4-11-10-21(2)15-9-13(11)17(19(22)23-3)16-12-7-5-6-8-14(12)20-18(15)16/h5-8,11,13,15,17,20H,4,9-10H2,1-3H3/t11-,13+,15+,17+/m1/s1. The van der Waals surface area contributed by atoms with Gasteiger partial charge in [0.1, 0.15) is 0 Å². The number of fused-ring (bicyclic) bond motifs is 6. The topological polar surface area (TPSA) is 45.3 Å². The Kier molecular flexibility index (Phi) is 3.45. The minimum absolute atomic E-state index is 0.0811. The smallest absolute Gasteiger partial charge is 0.313 e. The summed E-state index contributed by atoms with van der Waals surface area (Å²) in [6, 6.07) is 8.70. The van der Waals surface area contributed by atoms with Gasteiger partial charge in [-0.15, -0.1) is 0 Å². The second kappa shape index (κ2) is 5.38. The number of methoxy groups -OCH3 is 1. The van der Waals surface area contributed by atoms with Crippen LogP contribution in [0, 0.1) is 11.8 Å². The lowest BCUT2D eigenvalue weighted by molar-refractivity contribution is -0.146. The van der Waals surface area contributed by atoms with Crippen molar-refractivity contribution in [3.8, 4) is 0 Å². The molecule has 2 aromatic rings. The second-order valence-electron chi connectivity index (χ2n) is 7.02. The first-order chi connectivity index (χ1) is 11.2. The van der Waals surface area contributed by atoms with Gasteiger partial charge < -0.3 is 9.72 Å². The molecule has 4 atom stereocenters. The molecule has 0 unspecified atom stereocenters. The lowest BCUT2D eigenvalue weighted by atomic mass is 9.65. The number of nitrogens with one attached hydrogen (secondary N) is 1. The van der Waals surface area contributed by atoms with Crippen LogP contribution in [0.1, 0.15) is 43.0 Å². The van der Waals surface area contributed by atoms with Crippen molar-refractivity contribution in [1.82, 2.24) is 9.88 Å². The van der Waals surface area contributed by atoms with Crippen LogP contribution < -0.4 is 0 Å². The highest BCUT2D eigenvalue weighted by molar-refractivity contribution is 5.92. The summed E-state index contributed by atoms with van der Waals surface area (Å²) in [5.74, 6) is 0.700. The molecule has 23 heavy (non-hydrogen) atoms. The van der Waals surface area contributed by atoms with E-state index in [1.165, 1.54) is 23.8 Å². The molecule has 1 aromatic carbocycles. The third kappa shape index (κ3) is 2.04. The first kappa shape index (κ1) is 14.8. The maximum Gasteiger partial charge on any atom is 0.313 e. The molecule has 0 radical (unpaired) electrons. The van der Waals surface area contributed by atoms with E-state index in [0.29, 0.717) is 17.9 Å². The van der Waals surface area contributed by atoms with Crippen molar-refractivity contribution in [2.45, 2.75) is 31.7 Å². The van der Waals surface area contributed by atoms with Crippen LogP contribution in [-0.2, 0) is 9.53 Å². The molecule has 1 aliphatic carbocycles. The summed E-state index contributed by atoms with van der Waals surface area (Å²) >= 11 is 0. The molecule has 0 spiro atoms. The fraction of sp³-hybridized carbons (Fsp3) is 0.526. The Morgan fingerprint density at radius 3 is 2.91 bits per heavy atom. The van der Waals surface area contributed by atoms with Gasteiger partial charge >= 0.3 is 5.97 Å². The number of H-pyrrole nitrogens is 1.